The van der Waals surface area contributed by atoms with Crippen molar-refractivity contribution in [1.82, 2.24) is 0 Å². The topological polar surface area (TPSA) is 62.1 Å². The Labute approximate surface area is 181 Å². The number of carbonyl (C=O) groups excluding carboxylic acids is 1. The standard InChI is InChI=1S/C25H21ClN2O2/c1-17-10-11-23(18(2)12-17)28-25(29)21(15-27)14-20-7-3-4-9-24(20)30-16-19-6-5-8-22(26)13-19/h3-14H,16H2,1-2H3,(H,28,29)/b21-14+. The number of benzene rings is 3. The predicted octanol–water partition coefficient (Wildman–Crippen LogP) is 6.08. The first-order valence-corrected chi connectivity index (χ1v) is 9.81. The van der Waals surface area contributed by atoms with Gasteiger partial charge in [0.1, 0.15) is 24.0 Å². The number of nitrogens with zero attached hydrogens (tertiary/aromatic N) is 1. The van der Waals surface area contributed by atoms with Gasteiger partial charge in [-0.2, -0.15) is 5.26 Å². The monoisotopic (exact) mass is 416 g/mol. The van der Waals surface area contributed by atoms with Crippen molar-refractivity contribution in [2.24, 2.45) is 0 Å². The molecule has 5 heteroatoms. The van der Waals surface area contributed by atoms with E-state index in [1.807, 2.05) is 68.4 Å². The van der Waals surface area contributed by atoms with Gasteiger partial charge in [-0.25, -0.2) is 0 Å². The lowest BCUT2D eigenvalue weighted by Gasteiger charge is -2.11. The van der Waals surface area contributed by atoms with Gasteiger partial charge in [0.15, 0.2) is 0 Å². The van der Waals surface area contributed by atoms with E-state index in [1.165, 1.54) is 6.08 Å². The number of hydrogen-bond donors (Lipinski definition) is 1. The molecule has 0 heterocycles. The average Bonchev–Trinajstić information content (AvgIpc) is 2.73. The van der Waals surface area contributed by atoms with Gasteiger partial charge in [-0.1, -0.05) is 59.6 Å². The maximum Gasteiger partial charge on any atom is 0.266 e. The molecule has 0 saturated carbocycles. The van der Waals surface area contributed by atoms with E-state index in [9.17, 15) is 10.1 Å². The van der Waals surface area contributed by atoms with Crippen LogP contribution in [-0.2, 0) is 11.4 Å². The fraction of sp³-hybridized carbons (Fsp3) is 0.120. The number of nitrogens with one attached hydrogen (secondary N) is 1. The minimum atomic E-state index is -0.464. The van der Waals surface area contributed by atoms with E-state index in [-0.39, 0.29) is 5.57 Å². The van der Waals surface area contributed by atoms with Crippen LogP contribution in [-0.4, -0.2) is 5.91 Å². The van der Waals surface area contributed by atoms with Crippen molar-refractivity contribution in [2.45, 2.75) is 20.5 Å². The van der Waals surface area contributed by atoms with Crippen molar-refractivity contribution in [1.29, 1.82) is 5.26 Å². The SMILES string of the molecule is Cc1ccc(NC(=O)/C(C#N)=C/c2ccccc2OCc2cccc(Cl)c2)c(C)c1. The average molecular weight is 417 g/mol. The normalized spacial score (nSPS) is 10.9. The van der Waals surface area contributed by atoms with Gasteiger partial charge in [-0.3, -0.25) is 4.79 Å². The van der Waals surface area contributed by atoms with E-state index in [0.29, 0.717) is 28.6 Å². The van der Waals surface area contributed by atoms with Crippen LogP contribution in [0.4, 0.5) is 5.69 Å². The lowest BCUT2D eigenvalue weighted by molar-refractivity contribution is -0.112. The molecular formula is C25H21ClN2O2. The first-order valence-electron chi connectivity index (χ1n) is 9.43. The van der Waals surface area contributed by atoms with Gasteiger partial charge in [0.25, 0.3) is 5.91 Å². The van der Waals surface area contributed by atoms with Crippen LogP contribution in [0.2, 0.25) is 5.02 Å². The fourth-order valence-corrected chi connectivity index (χ4v) is 3.18. The number of carbonyl (C=O) groups is 1. The second-order valence-electron chi connectivity index (χ2n) is 6.90. The number of hydrogen-bond acceptors (Lipinski definition) is 3. The first kappa shape index (κ1) is 21.2. The van der Waals surface area contributed by atoms with Crippen LogP contribution < -0.4 is 10.1 Å². The highest BCUT2D eigenvalue weighted by atomic mass is 35.5. The van der Waals surface area contributed by atoms with Crippen LogP contribution >= 0.6 is 11.6 Å². The Kier molecular flexibility index (Phi) is 6.90. The minimum Gasteiger partial charge on any atom is -0.488 e. The Morgan fingerprint density at radius 2 is 1.90 bits per heavy atom. The summed E-state index contributed by atoms with van der Waals surface area (Å²) in [7, 11) is 0. The Morgan fingerprint density at radius 1 is 1.10 bits per heavy atom. The molecular weight excluding hydrogens is 396 g/mol. The second-order valence-corrected chi connectivity index (χ2v) is 7.34. The molecule has 0 atom stereocenters. The van der Waals surface area contributed by atoms with Crippen LogP contribution in [0.15, 0.2) is 72.3 Å². The number of para-hydroxylation sites is 1. The largest absolute Gasteiger partial charge is 0.488 e. The summed E-state index contributed by atoms with van der Waals surface area (Å²) in [6.45, 7) is 4.22. The van der Waals surface area contributed by atoms with E-state index in [2.05, 4.69) is 5.32 Å². The summed E-state index contributed by atoms with van der Waals surface area (Å²) in [5.74, 6) is 0.110. The van der Waals surface area contributed by atoms with E-state index in [1.54, 1.807) is 18.2 Å². The lowest BCUT2D eigenvalue weighted by Crippen LogP contribution is -2.14. The third-order valence-electron chi connectivity index (χ3n) is 4.50. The molecule has 3 aromatic carbocycles. The number of halogens is 1. The van der Waals surface area contributed by atoms with E-state index in [4.69, 9.17) is 16.3 Å². The molecule has 0 fully saturated rings. The van der Waals surface area contributed by atoms with Gasteiger partial charge < -0.3 is 10.1 Å². The van der Waals surface area contributed by atoms with Crippen molar-refractivity contribution in [2.75, 3.05) is 5.32 Å². The molecule has 3 aromatic rings. The molecule has 1 N–H and O–H groups in total. The van der Waals surface area contributed by atoms with Crippen molar-refractivity contribution in [3.8, 4) is 11.8 Å². The van der Waals surface area contributed by atoms with Gasteiger partial charge >= 0.3 is 0 Å². The summed E-state index contributed by atoms with van der Waals surface area (Å²) >= 11 is 6.02. The maximum atomic E-state index is 12.7. The Hall–Kier alpha value is -3.55. The van der Waals surface area contributed by atoms with Crippen LogP contribution in [0.25, 0.3) is 6.08 Å². The number of ether oxygens (including phenoxy) is 1. The molecule has 3 rings (SSSR count). The molecule has 0 bridgehead atoms. The molecule has 0 unspecified atom stereocenters. The second kappa shape index (κ2) is 9.78. The zero-order valence-electron chi connectivity index (χ0n) is 16.8. The number of rotatable bonds is 6. The summed E-state index contributed by atoms with van der Waals surface area (Å²) in [5, 5.41) is 13.0. The molecule has 0 aromatic heterocycles. The molecule has 1 amide bonds. The number of aryl methyl sites for hydroxylation is 2. The lowest BCUT2D eigenvalue weighted by atomic mass is 10.1. The number of nitriles is 1. The van der Waals surface area contributed by atoms with Crippen LogP contribution in [0.3, 0.4) is 0 Å². The van der Waals surface area contributed by atoms with Gasteiger partial charge in [0.05, 0.1) is 0 Å². The highest BCUT2D eigenvalue weighted by molar-refractivity contribution is 6.30. The summed E-state index contributed by atoms with van der Waals surface area (Å²) in [6.07, 6.45) is 1.53. The molecule has 0 radical (unpaired) electrons. The summed E-state index contributed by atoms with van der Waals surface area (Å²) in [4.78, 5) is 12.7. The summed E-state index contributed by atoms with van der Waals surface area (Å²) < 4.78 is 5.91. The van der Waals surface area contributed by atoms with Crippen LogP contribution in [0.1, 0.15) is 22.3 Å². The van der Waals surface area contributed by atoms with Gasteiger partial charge in [-0.15, -0.1) is 0 Å². The Balaban J connectivity index is 1.80. The Morgan fingerprint density at radius 3 is 2.63 bits per heavy atom. The van der Waals surface area contributed by atoms with Crippen molar-refractivity contribution < 1.29 is 9.53 Å². The van der Waals surface area contributed by atoms with Crippen molar-refractivity contribution in [3.05, 3.63) is 99.6 Å². The summed E-state index contributed by atoms with van der Waals surface area (Å²) in [6, 6.07) is 22.4. The number of anilines is 1. The first-order chi connectivity index (χ1) is 14.5. The summed E-state index contributed by atoms with van der Waals surface area (Å²) in [5.41, 5.74) is 4.28. The smallest absolute Gasteiger partial charge is 0.266 e. The zero-order chi connectivity index (χ0) is 21.5. The van der Waals surface area contributed by atoms with Crippen molar-refractivity contribution >= 4 is 29.3 Å². The highest BCUT2D eigenvalue weighted by Crippen LogP contribution is 2.24. The minimum absolute atomic E-state index is 0.00576. The zero-order valence-corrected chi connectivity index (χ0v) is 17.5. The van der Waals surface area contributed by atoms with E-state index in [0.717, 1.165) is 16.7 Å². The third kappa shape index (κ3) is 5.50. The molecule has 0 saturated heterocycles. The molecule has 0 aliphatic carbocycles. The van der Waals surface area contributed by atoms with E-state index < -0.39 is 5.91 Å². The van der Waals surface area contributed by atoms with Gasteiger partial charge in [0, 0.05) is 16.3 Å². The molecule has 0 aliphatic heterocycles. The number of amides is 1. The Bertz CT molecular complexity index is 1150. The molecule has 4 nitrogen and oxygen atoms in total. The van der Waals surface area contributed by atoms with Gasteiger partial charge in [0.2, 0.25) is 0 Å². The predicted molar refractivity (Wildman–Crippen MR) is 120 cm³/mol. The third-order valence-corrected chi connectivity index (χ3v) is 4.73. The molecule has 30 heavy (non-hydrogen) atoms. The molecule has 150 valence electrons. The van der Waals surface area contributed by atoms with Crippen LogP contribution in [0.5, 0.6) is 5.75 Å². The maximum absolute atomic E-state index is 12.7. The molecule has 0 spiro atoms. The van der Waals surface area contributed by atoms with Gasteiger partial charge in [-0.05, 0) is 55.3 Å². The van der Waals surface area contributed by atoms with Crippen molar-refractivity contribution in [3.63, 3.8) is 0 Å². The highest BCUT2D eigenvalue weighted by Gasteiger charge is 2.12. The van der Waals surface area contributed by atoms with Crippen LogP contribution in [0, 0.1) is 25.2 Å². The quantitative estimate of drug-likeness (QED) is 0.391. The molecule has 0 aliphatic rings. The van der Waals surface area contributed by atoms with E-state index >= 15 is 0 Å². The fourth-order valence-electron chi connectivity index (χ4n) is 2.97.